The summed E-state index contributed by atoms with van der Waals surface area (Å²) in [4.78, 5) is 0. The second-order valence-corrected chi connectivity index (χ2v) is 10.5. The fourth-order valence-corrected chi connectivity index (χ4v) is 7.02. The summed E-state index contributed by atoms with van der Waals surface area (Å²) in [6.45, 7) is 4.89. The van der Waals surface area contributed by atoms with E-state index in [4.69, 9.17) is 0 Å². The number of rotatable bonds is 8. The normalized spacial score (nSPS) is 21.0. The first-order valence-corrected chi connectivity index (χ1v) is 11.0. The second-order valence-electron chi connectivity index (χ2n) is 6.45. The maximum atomic E-state index is 15.5. The zero-order valence-electron chi connectivity index (χ0n) is 14.5. The average molecular weight is 392 g/mol. The van der Waals surface area contributed by atoms with Gasteiger partial charge in [-0.25, -0.2) is 21.5 Å². The van der Waals surface area contributed by atoms with Gasteiger partial charge in [0, 0.05) is 13.1 Å². The van der Waals surface area contributed by atoms with Crippen LogP contribution in [0.5, 0.6) is 0 Å². The van der Waals surface area contributed by atoms with Crippen molar-refractivity contribution in [3.63, 3.8) is 0 Å². The van der Waals surface area contributed by atoms with Gasteiger partial charge in [-0.05, 0) is 39.0 Å². The summed E-state index contributed by atoms with van der Waals surface area (Å²) < 4.78 is 85.5. The van der Waals surface area contributed by atoms with Crippen molar-refractivity contribution in [1.29, 1.82) is 0 Å². The monoisotopic (exact) mass is 391 g/mol. The fraction of sp³-hybridized carbons (Fsp3) is 1.00. The van der Waals surface area contributed by atoms with Gasteiger partial charge >= 0.3 is 0 Å². The largest absolute Gasteiger partial charge is 0.290 e. The highest BCUT2D eigenvalue weighted by atomic mass is 32.2. The third-order valence-corrected chi connectivity index (χ3v) is 10.1. The summed E-state index contributed by atoms with van der Waals surface area (Å²) in [5, 5.41) is 0. The van der Waals surface area contributed by atoms with Crippen LogP contribution in [-0.4, -0.2) is 54.2 Å². The lowest BCUT2D eigenvalue weighted by atomic mass is 9.84. The Hall–Kier alpha value is -0.320. The predicted molar refractivity (Wildman–Crippen MR) is 88.2 cm³/mol. The summed E-state index contributed by atoms with van der Waals surface area (Å²) in [7, 11) is -9.66. The molecule has 1 aliphatic heterocycles. The van der Waals surface area contributed by atoms with Crippen LogP contribution in [0.15, 0.2) is 0 Å². The molecule has 1 N–H and O–H groups in total. The van der Waals surface area contributed by atoms with Crippen LogP contribution in [0.25, 0.3) is 0 Å². The molecule has 1 heterocycles. The summed E-state index contributed by atoms with van der Waals surface area (Å²) in [6, 6.07) is 0. The van der Waals surface area contributed by atoms with Crippen molar-refractivity contribution in [3.05, 3.63) is 0 Å². The Labute approximate surface area is 143 Å². The van der Waals surface area contributed by atoms with Gasteiger partial charge in [0.1, 0.15) is 4.75 Å². The van der Waals surface area contributed by atoms with Crippen molar-refractivity contribution < 1.29 is 30.2 Å². The number of hydrogen-bond donors (Lipinski definition) is 1. The first-order chi connectivity index (χ1) is 10.8. The molecule has 0 aromatic carbocycles. The molecular weight excluding hydrogens is 364 g/mol. The van der Waals surface area contributed by atoms with Crippen molar-refractivity contribution in [1.82, 2.24) is 4.31 Å². The van der Waals surface area contributed by atoms with Crippen molar-refractivity contribution in [2.24, 2.45) is 0 Å². The standard InChI is InChI=1S/C14H27F2NO5S2/c1-5-12(4,23(18,19)17-10-8-9-11-17)14(15,16)13(6-2,7-3)24(20,21)22/h5-11H2,1-4H3,(H,20,21,22). The van der Waals surface area contributed by atoms with Gasteiger partial charge in [-0.15, -0.1) is 0 Å². The summed E-state index contributed by atoms with van der Waals surface area (Å²) in [5.41, 5.74) is 0. The highest BCUT2D eigenvalue weighted by Gasteiger charge is 2.72. The number of nitrogens with zero attached hydrogens (tertiary/aromatic N) is 1. The Morgan fingerprint density at radius 2 is 1.38 bits per heavy atom. The lowest BCUT2D eigenvalue weighted by molar-refractivity contribution is -0.0839. The molecule has 1 saturated heterocycles. The van der Waals surface area contributed by atoms with Gasteiger partial charge in [0.25, 0.3) is 16.0 Å². The van der Waals surface area contributed by atoms with E-state index in [-0.39, 0.29) is 13.1 Å². The predicted octanol–water partition coefficient (Wildman–Crippen LogP) is 2.66. The van der Waals surface area contributed by atoms with E-state index < -0.39 is 54.8 Å². The molecule has 1 aliphatic rings. The summed E-state index contributed by atoms with van der Waals surface area (Å²) >= 11 is 0. The number of alkyl halides is 2. The number of sulfonamides is 1. The molecule has 0 bridgehead atoms. The molecule has 1 rings (SSSR count). The Morgan fingerprint density at radius 1 is 0.958 bits per heavy atom. The molecule has 24 heavy (non-hydrogen) atoms. The van der Waals surface area contributed by atoms with E-state index >= 15 is 8.78 Å². The summed E-state index contributed by atoms with van der Waals surface area (Å²) in [6.07, 6.45) is -0.512. The molecule has 6 nitrogen and oxygen atoms in total. The molecule has 1 atom stereocenters. The molecule has 0 saturated carbocycles. The first kappa shape index (κ1) is 21.7. The highest BCUT2D eigenvalue weighted by Crippen LogP contribution is 2.52. The minimum atomic E-state index is -5.19. The van der Waals surface area contributed by atoms with Crippen LogP contribution in [-0.2, 0) is 20.1 Å². The molecule has 0 aromatic heterocycles. The van der Waals surface area contributed by atoms with Gasteiger partial charge < -0.3 is 0 Å². The Morgan fingerprint density at radius 3 is 1.67 bits per heavy atom. The quantitative estimate of drug-likeness (QED) is 0.642. The van der Waals surface area contributed by atoms with E-state index in [1.165, 1.54) is 20.8 Å². The van der Waals surface area contributed by atoms with E-state index in [0.29, 0.717) is 12.8 Å². The summed E-state index contributed by atoms with van der Waals surface area (Å²) in [5.74, 6) is -4.17. The maximum Gasteiger partial charge on any atom is 0.290 e. The van der Waals surface area contributed by atoms with Crippen LogP contribution >= 0.6 is 0 Å². The van der Waals surface area contributed by atoms with Gasteiger partial charge in [-0.3, -0.25) is 4.55 Å². The first-order valence-electron chi connectivity index (χ1n) is 8.13. The van der Waals surface area contributed by atoms with Crippen LogP contribution in [0.4, 0.5) is 8.78 Å². The van der Waals surface area contributed by atoms with E-state index in [2.05, 4.69) is 0 Å². The van der Waals surface area contributed by atoms with Gasteiger partial charge in [0.05, 0.1) is 0 Å². The third-order valence-electron chi connectivity index (χ3n) is 5.52. The minimum absolute atomic E-state index is 0.144. The van der Waals surface area contributed by atoms with Gasteiger partial charge in [0.2, 0.25) is 10.0 Å². The highest BCUT2D eigenvalue weighted by molar-refractivity contribution is 7.91. The van der Waals surface area contributed by atoms with E-state index in [0.717, 1.165) is 11.2 Å². The van der Waals surface area contributed by atoms with Crippen LogP contribution in [0.3, 0.4) is 0 Å². The lowest BCUT2D eigenvalue weighted by Gasteiger charge is -2.46. The molecule has 144 valence electrons. The van der Waals surface area contributed by atoms with Crippen LogP contribution in [0.1, 0.15) is 59.8 Å². The lowest BCUT2D eigenvalue weighted by Crippen LogP contribution is -2.68. The fourth-order valence-electron chi connectivity index (χ4n) is 3.48. The van der Waals surface area contributed by atoms with Crippen molar-refractivity contribution >= 4 is 20.1 Å². The third kappa shape index (κ3) is 2.79. The van der Waals surface area contributed by atoms with Gasteiger partial charge in [-0.2, -0.15) is 8.42 Å². The van der Waals surface area contributed by atoms with Crippen molar-refractivity contribution in [2.45, 2.75) is 75.2 Å². The molecule has 0 amide bonds. The maximum absolute atomic E-state index is 15.5. The van der Waals surface area contributed by atoms with Crippen LogP contribution in [0.2, 0.25) is 0 Å². The Bertz CT molecular complexity index is 653. The minimum Gasteiger partial charge on any atom is -0.285 e. The second kappa shape index (κ2) is 6.77. The Kier molecular flexibility index (Phi) is 6.13. The Balaban J connectivity index is 3.65. The average Bonchev–Trinajstić information content (AvgIpc) is 3.00. The van der Waals surface area contributed by atoms with E-state index in [1.807, 2.05) is 0 Å². The molecule has 1 unspecified atom stereocenters. The van der Waals surface area contributed by atoms with E-state index in [1.54, 1.807) is 0 Å². The molecule has 0 aromatic rings. The zero-order chi connectivity index (χ0) is 19.0. The number of halogens is 2. The van der Waals surface area contributed by atoms with Crippen molar-refractivity contribution in [2.75, 3.05) is 13.1 Å². The van der Waals surface area contributed by atoms with Gasteiger partial charge in [-0.1, -0.05) is 20.8 Å². The zero-order valence-corrected chi connectivity index (χ0v) is 16.2. The molecule has 0 spiro atoms. The van der Waals surface area contributed by atoms with Crippen LogP contribution in [0, 0.1) is 0 Å². The molecule has 10 heteroatoms. The SMILES string of the molecule is CCC(CC)(C(F)(F)C(C)(CC)S(=O)(=O)N1CCCC1)S(=O)(=O)O. The van der Waals surface area contributed by atoms with E-state index in [9.17, 15) is 21.4 Å². The molecule has 0 radical (unpaired) electrons. The van der Waals surface area contributed by atoms with Crippen LogP contribution < -0.4 is 0 Å². The molecule has 0 aliphatic carbocycles. The van der Waals surface area contributed by atoms with Gasteiger partial charge in [0.15, 0.2) is 4.75 Å². The molecule has 1 fully saturated rings. The molecular formula is C14H27F2NO5S2. The topological polar surface area (TPSA) is 91.8 Å². The number of hydrogen-bond acceptors (Lipinski definition) is 4. The van der Waals surface area contributed by atoms with Crippen molar-refractivity contribution in [3.8, 4) is 0 Å². The smallest absolute Gasteiger partial charge is 0.285 e.